The monoisotopic (exact) mass is 346 g/mol. The molecule has 25 heavy (non-hydrogen) atoms. The smallest absolute Gasteiger partial charge is 0.326 e. The summed E-state index contributed by atoms with van der Waals surface area (Å²) in [5, 5.41) is 22.4. The average molecular weight is 346 g/mol. The van der Waals surface area contributed by atoms with Gasteiger partial charge in [0, 0.05) is 18.6 Å². The van der Waals surface area contributed by atoms with Crippen molar-refractivity contribution in [1.82, 2.24) is 5.32 Å². The van der Waals surface area contributed by atoms with Crippen LogP contribution in [0.15, 0.2) is 48.5 Å². The van der Waals surface area contributed by atoms with Gasteiger partial charge in [0.05, 0.1) is 11.3 Å². The molecule has 8 heteroatoms. The summed E-state index contributed by atoms with van der Waals surface area (Å²) in [6, 6.07) is 9.67. The van der Waals surface area contributed by atoms with E-state index in [1.54, 1.807) is 6.07 Å². The molecule has 0 saturated heterocycles. The average Bonchev–Trinajstić information content (AvgIpc) is 2.56. The summed E-state index contributed by atoms with van der Waals surface area (Å²) in [6.07, 6.45) is -0.189. The number of carboxylic acids is 1. The number of aliphatic carboxylic acids is 1. The van der Waals surface area contributed by atoms with Crippen molar-refractivity contribution >= 4 is 17.6 Å². The van der Waals surface area contributed by atoms with Crippen LogP contribution in [0.2, 0.25) is 0 Å². The Bertz CT molecular complexity index is 792. The summed E-state index contributed by atoms with van der Waals surface area (Å²) in [6.45, 7) is 0. The van der Waals surface area contributed by atoms with Crippen LogP contribution in [0.3, 0.4) is 0 Å². The van der Waals surface area contributed by atoms with Crippen molar-refractivity contribution in [3.63, 3.8) is 0 Å². The largest absolute Gasteiger partial charge is 0.480 e. The zero-order valence-corrected chi connectivity index (χ0v) is 13.0. The predicted molar refractivity (Wildman–Crippen MR) is 86.5 cm³/mol. The Morgan fingerprint density at radius 1 is 1.16 bits per heavy atom. The Balaban J connectivity index is 2.02. The predicted octanol–water partition coefficient (Wildman–Crippen LogP) is 2.09. The molecule has 2 aromatic rings. The number of benzene rings is 2. The van der Waals surface area contributed by atoms with Crippen molar-refractivity contribution < 1.29 is 24.0 Å². The zero-order chi connectivity index (χ0) is 18.4. The van der Waals surface area contributed by atoms with Gasteiger partial charge in [-0.15, -0.1) is 0 Å². The van der Waals surface area contributed by atoms with E-state index in [1.807, 2.05) is 0 Å². The van der Waals surface area contributed by atoms with Gasteiger partial charge in [-0.2, -0.15) is 0 Å². The Hall–Kier alpha value is -3.29. The molecule has 0 heterocycles. The Labute approximate surface area is 142 Å². The van der Waals surface area contributed by atoms with E-state index in [2.05, 4.69) is 5.32 Å². The highest BCUT2D eigenvalue weighted by molar-refractivity contribution is 5.85. The maximum atomic E-state index is 12.9. The number of nitrogens with one attached hydrogen (secondary N) is 1. The normalized spacial score (nSPS) is 11.6. The first-order valence-electron chi connectivity index (χ1n) is 7.35. The fourth-order valence-electron chi connectivity index (χ4n) is 2.27. The molecule has 0 aliphatic rings. The fourth-order valence-corrected chi connectivity index (χ4v) is 2.27. The maximum Gasteiger partial charge on any atom is 0.326 e. The zero-order valence-electron chi connectivity index (χ0n) is 13.0. The van der Waals surface area contributed by atoms with Crippen molar-refractivity contribution in [2.24, 2.45) is 0 Å². The van der Waals surface area contributed by atoms with Gasteiger partial charge in [-0.25, -0.2) is 9.18 Å². The quantitative estimate of drug-likeness (QED) is 0.589. The van der Waals surface area contributed by atoms with Crippen molar-refractivity contribution in [2.75, 3.05) is 0 Å². The molecule has 0 saturated carbocycles. The molecule has 130 valence electrons. The molecule has 0 aliphatic heterocycles. The van der Waals surface area contributed by atoms with Gasteiger partial charge in [0.1, 0.15) is 11.9 Å². The number of nitrogens with zero attached hydrogens (tertiary/aromatic N) is 1. The standard InChI is InChI=1S/C17H15FN2O5/c18-13-6-4-11(5-7-13)9-15(17(22)23)19-16(21)10-12-2-1-3-14(8-12)20(24)25/h1-8,15H,9-10H2,(H,19,21)(H,22,23)/t15-/m0/s1. The van der Waals surface area contributed by atoms with Crippen LogP contribution >= 0.6 is 0 Å². The number of non-ortho nitro benzene ring substituents is 1. The molecule has 1 amide bonds. The molecular formula is C17H15FN2O5. The number of carbonyl (C=O) groups excluding carboxylic acids is 1. The van der Waals surface area contributed by atoms with E-state index in [9.17, 15) is 29.2 Å². The lowest BCUT2D eigenvalue weighted by atomic mass is 10.1. The number of rotatable bonds is 7. The highest BCUT2D eigenvalue weighted by atomic mass is 19.1. The summed E-state index contributed by atoms with van der Waals surface area (Å²) in [5.74, 6) is -2.24. The van der Waals surface area contributed by atoms with Crippen LogP contribution < -0.4 is 5.32 Å². The number of carbonyl (C=O) groups is 2. The second-order valence-electron chi connectivity index (χ2n) is 5.39. The lowest BCUT2D eigenvalue weighted by molar-refractivity contribution is -0.384. The van der Waals surface area contributed by atoms with E-state index < -0.39 is 28.7 Å². The van der Waals surface area contributed by atoms with Crippen molar-refractivity contribution in [3.05, 3.63) is 75.6 Å². The minimum atomic E-state index is -1.23. The van der Waals surface area contributed by atoms with Gasteiger partial charge in [-0.1, -0.05) is 24.3 Å². The van der Waals surface area contributed by atoms with E-state index in [0.29, 0.717) is 11.1 Å². The molecule has 1 atom stereocenters. The van der Waals surface area contributed by atoms with Crippen LogP contribution in [0.1, 0.15) is 11.1 Å². The molecule has 0 fully saturated rings. The summed E-state index contributed by atoms with van der Waals surface area (Å²) in [5.41, 5.74) is 0.813. The number of hydrogen-bond acceptors (Lipinski definition) is 4. The lowest BCUT2D eigenvalue weighted by Gasteiger charge is -2.14. The molecule has 2 rings (SSSR count). The third-order valence-electron chi connectivity index (χ3n) is 3.47. The van der Waals surface area contributed by atoms with Gasteiger partial charge in [-0.3, -0.25) is 14.9 Å². The molecule has 2 aromatic carbocycles. The van der Waals surface area contributed by atoms with E-state index >= 15 is 0 Å². The molecule has 2 N–H and O–H groups in total. The number of carboxylic acid groups (broad SMARTS) is 1. The minimum absolute atomic E-state index is 0.00368. The van der Waals surface area contributed by atoms with Crippen LogP contribution in [-0.4, -0.2) is 27.9 Å². The lowest BCUT2D eigenvalue weighted by Crippen LogP contribution is -2.43. The van der Waals surface area contributed by atoms with E-state index in [-0.39, 0.29) is 18.5 Å². The molecule has 0 radical (unpaired) electrons. The van der Waals surface area contributed by atoms with E-state index in [1.165, 1.54) is 42.5 Å². The van der Waals surface area contributed by atoms with Crippen LogP contribution in [0.4, 0.5) is 10.1 Å². The first-order chi connectivity index (χ1) is 11.8. The summed E-state index contributed by atoms with van der Waals surface area (Å²) in [7, 11) is 0. The molecule has 0 spiro atoms. The van der Waals surface area contributed by atoms with Crippen molar-refractivity contribution in [2.45, 2.75) is 18.9 Å². The number of halogens is 1. The summed E-state index contributed by atoms with van der Waals surface area (Å²) >= 11 is 0. The van der Waals surface area contributed by atoms with Crippen LogP contribution in [0, 0.1) is 15.9 Å². The molecule has 7 nitrogen and oxygen atoms in total. The van der Waals surface area contributed by atoms with Gasteiger partial charge in [0.25, 0.3) is 5.69 Å². The second kappa shape index (κ2) is 8.00. The van der Waals surface area contributed by atoms with Gasteiger partial charge in [-0.05, 0) is 23.3 Å². The highest BCUT2D eigenvalue weighted by Crippen LogP contribution is 2.13. The van der Waals surface area contributed by atoms with Crippen molar-refractivity contribution in [3.8, 4) is 0 Å². The van der Waals surface area contributed by atoms with Crippen molar-refractivity contribution in [1.29, 1.82) is 0 Å². The van der Waals surface area contributed by atoms with Crippen LogP contribution in [-0.2, 0) is 22.4 Å². The molecule has 0 unspecified atom stereocenters. The fraction of sp³-hybridized carbons (Fsp3) is 0.176. The highest BCUT2D eigenvalue weighted by Gasteiger charge is 2.21. The first-order valence-corrected chi connectivity index (χ1v) is 7.35. The van der Waals surface area contributed by atoms with Gasteiger partial charge in [0.15, 0.2) is 0 Å². The SMILES string of the molecule is O=C(Cc1cccc([N+](=O)[O-])c1)N[C@@H](Cc1ccc(F)cc1)C(=O)O. The number of nitro benzene ring substituents is 1. The number of amides is 1. The summed E-state index contributed by atoms with van der Waals surface area (Å²) < 4.78 is 12.9. The summed E-state index contributed by atoms with van der Waals surface area (Å²) in [4.78, 5) is 33.5. The molecule has 0 aliphatic carbocycles. The maximum absolute atomic E-state index is 12.9. The third kappa shape index (κ3) is 5.38. The van der Waals surface area contributed by atoms with Gasteiger partial charge in [0.2, 0.25) is 5.91 Å². The Morgan fingerprint density at radius 2 is 1.84 bits per heavy atom. The van der Waals surface area contributed by atoms with Crippen LogP contribution in [0.5, 0.6) is 0 Å². The Morgan fingerprint density at radius 3 is 2.44 bits per heavy atom. The molecular weight excluding hydrogens is 331 g/mol. The number of nitro groups is 1. The Kier molecular flexibility index (Phi) is 5.78. The second-order valence-corrected chi connectivity index (χ2v) is 5.39. The van der Waals surface area contributed by atoms with Gasteiger partial charge < -0.3 is 10.4 Å². The topological polar surface area (TPSA) is 110 Å². The van der Waals surface area contributed by atoms with Gasteiger partial charge >= 0.3 is 5.97 Å². The molecule has 0 aromatic heterocycles. The van der Waals surface area contributed by atoms with Crippen LogP contribution in [0.25, 0.3) is 0 Å². The van der Waals surface area contributed by atoms with E-state index in [4.69, 9.17) is 0 Å². The van der Waals surface area contributed by atoms with E-state index in [0.717, 1.165) is 0 Å². The molecule has 0 bridgehead atoms. The third-order valence-corrected chi connectivity index (χ3v) is 3.47. The number of hydrogen-bond donors (Lipinski definition) is 2. The minimum Gasteiger partial charge on any atom is -0.480 e. The first kappa shape index (κ1) is 18.1.